The Balaban J connectivity index is 2.10. The van der Waals surface area contributed by atoms with Crippen LogP contribution in [0, 0.1) is 0 Å². The first-order valence-electron chi connectivity index (χ1n) is 5.38. The largest absolute Gasteiger partial charge is 0.398 e. The number of aromatic nitrogens is 3. The molecule has 0 aliphatic carbocycles. The molecule has 0 unspecified atom stereocenters. The van der Waals surface area contributed by atoms with Crippen LogP contribution in [0.15, 0.2) is 35.5 Å². The third kappa shape index (κ3) is 3.22. The number of benzene rings is 1. The first kappa shape index (κ1) is 13.8. The Bertz CT molecular complexity index is 636. The minimum absolute atomic E-state index is 0.0910. The summed E-state index contributed by atoms with van der Waals surface area (Å²) in [5.74, 6) is 0. The summed E-state index contributed by atoms with van der Waals surface area (Å²) < 4.78 is 28.1. The summed E-state index contributed by atoms with van der Waals surface area (Å²) >= 11 is 5.87. The van der Waals surface area contributed by atoms with Gasteiger partial charge < -0.3 is 5.73 Å². The molecule has 19 heavy (non-hydrogen) atoms. The SMILES string of the molecule is Nc1cccc(Cl)c1S(=O)(=O)NCCn1ccnn1. The Morgan fingerprint density at radius 3 is 2.84 bits per heavy atom. The molecule has 0 aliphatic rings. The number of halogens is 1. The lowest BCUT2D eigenvalue weighted by Gasteiger charge is -2.10. The minimum Gasteiger partial charge on any atom is -0.398 e. The van der Waals surface area contributed by atoms with Gasteiger partial charge in [-0.1, -0.05) is 22.9 Å². The molecule has 0 aliphatic heterocycles. The van der Waals surface area contributed by atoms with Crippen LogP contribution in [0.2, 0.25) is 5.02 Å². The molecule has 0 amide bonds. The number of nitrogens with one attached hydrogen (secondary N) is 1. The molecule has 9 heteroatoms. The van der Waals surface area contributed by atoms with Crippen molar-refractivity contribution in [2.45, 2.75) is 11.4 Å². The van der Waals surface area contributed by atoms with Crippen molar-refractivity contribution < 1.29 is 8.42 Å². The standard InChI is InChI=1S/C10H12ClN5O2S/c11-8-2-1-3-9(12)10(8)19(17,18)14-5-7-16-6-4-13-15-16/h1-4,6,14H,5,7,12H2. The van der Waals surface area contributed by atoms with E-state index in [0.29, 0.717) is 6.54 Å². The molecule has 0 bridgehead atoms. The van der Waals surface area contributed by atoms with Gasteiger partial charge in [0.1, 0.15) is 4.90 Å². The van der Waals surface area contributed by atoms with Crippen LogP contribution in [0.3, 0.4) is 0 Å². The quantitative estimate of drug-likeness (QED) is 0.782. The molecule has 0 saturated heterocycles. The van der Waals surface area contributed by atoms with Gasteiger partial charge in [0.05, 0.1) is 23.5 Å². The maximum atomic E-state index is 12.1. The fraction of sp³-hybridized carbons (Fsp3) is 0.200. The minimum atomic E-state index is -3.74. The van der Waals surface area contributed by atoms with Crippen LogP contribution in [0.25, 0.3) is 0 Å². The molecule has 1 aromatic carbocycles. The average Bonchev–Trinajstić information content (AvgIpc) is 2.81. The predicted molar refractivity (Wildman–Crippen MR) is 71.1 cm³/mol. The monoisotopic (exact) mass is 301 g/mol. The lowest BCUT2D eigenvalue weighted by Crippen LogP contribution is -2.28. The van der Waals surface area contributed by atoms with E-state index in [9.17, 15) is 8.42 Å². The maximum Gasteiger partial charge on any atom is 0.244 e. The molecule has 0 saturated carbocycles. The third-order valence-electron chi connectivity index (χ3n) is 2.37. The normalized spacial score (nSPS) is 11.6. The van der Waals surface area contributed by atoms with Gasteiger partial charge in [-0.25, -0.2) is 13.1 Å². The Hall–Kier alpha value is -1.64. The van der Waals surface area contributed by atoms with Gasteiger partial charge in [-0.2, -0.15) is 0 Å². The van der Waals surface area contributed by atoms with Crippen LogP contribution in [0.5, 0.6) is 0 Å². The Kier molecular flexibility index (Phi) is 4.03. The molecule has 0 spiro atoms. The topological polar surface area (TPSA) is 103 Å². The Labute approximate surface area is 115 Å². The molecular formula is C10H12ClN5O2S. The van der Waals surface area contributed by atoms with Gasteiger partial charge in [0.2, 0.25) is 10.0 Å². The van der Waals surface area contributed by atoms with Gasteiger partial charge in [0.15, 0.2) is 0 Å². The highest BCUT2D eigenvalue weighted by Crippen LogP contribution is 2.26. The van der Waals surface area contributed by atoms with Crippen molar-refractivity contribution in [1.29, 1.82) is 0 Å². The Morgan fingerprint density at radius 2 is 2.21 bits per heavy atom. The zero-order valence-corrected chi connectivity index (χ0v) is 11.4. The lowest BCUT2D eigenvalue weighted by atomic mass is 10.3. The number of nitrogens with zero attached hydrogens (tertiary/aromatic N) is 3. The van der Waals surface area contributed by atoms with Crippen molar-refractivity contribution >= 4 is 27.3 Å². The summed E-state index contributed by atoms with van der Waals surface area (Å²) in [6.07, 6.45) is 3.15. The molecule has 0 atom stereocenters. The van der Waals surface area contributed by atoms with Gasteiger partial charge in [-0.15, -0.1) is 5.10 Å². The molecule has 0 fully saturated rings. The molecule has 1 aromatic heterocycles. The summed E-state index contributed by atoms with van der Waals surface area (Å²) in [4.78, 5) is -0.102. The van der Waals surface area contributed by atoms with Gasteiger partial charge in [0.25, 0.3) is 0 Å². The molecule has 2 rings (SSSR count). The van der Waals surface area contributed by atoms with Crippen LogP contribution in [0.4, 0.5) is 5.69 Å². The molecule has 2 aromatic rings. The number of nitrogens with two attached hydrogens (primary N) is 1. The van der Waals surface area contributed by atoms with E-state index in [-0.39, 0.29) is 22.2 Å². The second kappa shape index (κ2) is 5.55. The highest BCUT2D eigenvalue weighted by atomic mass is 35.5. The van der Waals surface area contributed by atoms with Crippen LogP contribution >= 0.6 is 11.6 Å². The fourth-order valence-corrected chi connectivity index (χ4v) is 3.22. The second-order valence-electron chi connectivity index (χ2n) is 3.72. The number of sulfonamides is 1. The number of rotatable bonds is 5. The molecule has 0 radical (unpaired) electrons. The van der Waals surface area contributed by atoms with E-state index in [2.05, 4.69) is 15.0 Å². The predicted octanol–water partition coefficient (Wildman–Crippen LogP) is 0.492. The van der Waals surface area contributed by atoms with Crippen LogP contribution in [-0.4, -0.2) is 30.0 Å². The van der Waals surface area contributed by atoms with E-state index in [1.807, 2.05) is 0 Å². The Morgan fingerprint density at radius 1 is 1.42 bits per heavy atom. The highest BCUT2D eigenvalue weighted by Gasteiger charge is 2.20. The smallest absolute Gasteiger partial charge is 0.244 e. The van der Waals surface area contributed by atoms with E-state index >= 15 is 0 Å². The summed E-state index contributed by atoms with van der Waals surface area (Å²) in [7, 11) is -3.74. The van der Waals surface area contributed by atoms with E-state index in [1.165, 1.54) is 23.0 Å². The van der Waals surface area contributed by atoms with Gasteiger partial charge in [-0.05, 0) is 12.1 Å². The number of anilines is 1. The van der Waals surface area contributed by atoms with E-state index in [0.717, 1.165) is 0 Å². The van der Waals surface area contributed by atoms with Crippen molar-refractivity contribution in [3.05, 3.63) is 35.6 Å². The number of nitrogen functional groups attached to an aromatic ring is 1. The molecular weight excluding hydrogens is 290 g/mol. The molecule has 102 valence electrons. The summed E-state index contributed by atoms with van der Waals surface area (Å²) in [6, 6.07) is 4.55. The molecule has 3 N–H and O–H groups in total. The first-order chi connectivity index (χ1) is 9.00. The fourth-order valence-electron chi connectivity index (χ4n) is 1.53. The van der Waals surface area contributed by atoms with E-state index in [1.54, 1.807) is 12.3 Å². The molecule has 7 nitrogen and oxygen atoms in total. The van der Waals surface area contributed by atoms with Gasteiger partial charge in [0, 0.05) is 12.7 Å². The van der Waals surface area contributed by atoms with Gasteiger partial charge >= 0.3 is 0 Å². The summed E-state index contributed by atoms with van der Waals surface area (Å²) in [6.45, 7) is 0.528. The van der Waals surface area contributed by atoms with Crippen LogP contribution in [0.1, 0.15) is 0 Å². The van der Waals surface area contributed by atoms with Gasteiger partial charge in [-0.3, -0.25) is 4.68 Å². The highest BCUT2D eigenvalue weighted by molar-refractivity contribution is 7.89. The zero-order chi connectivity index (χ0) is 13.9. The average molecular weight is 302 g/mol. The van der Waals surface area contributed by atoms with E-state index in [4.69, 9.17) is 17.3 Å². The van der Waals surface area contributed by atoms with Crippen molar-refractivity contribution in [3.8, 4) is 0 Å². The van der Waals surface area contributed by atoms with Crippen molar-refractivity contribution in [2.24, 2.45) is 0 Å². The third-order valence-corrected chi connectivity index (χ3v) is 4.38. The lowest BCUT2D eigenvalue weighted by molar-refractivity contribution is 0.553. The number of hydrogen-bond donors (Lipinski definition) is 2. The van der Waals surface area contributed by atoms with Crippen LogP contribution in [-0.2, 0) is 16.6 Å². The summed E-state index contributed by atoms with van der Waals surface area (Å²) in [5, 5.41) is 7.43. The van der Waals surface area contributed by atoms with Crippen molar-refractivity contribution in [1.82, 2.24) is 19.7 Å². The zero-order valence-electron chi connectivity index (χ0n) is 9.82. The maximum absolute atomic E-state index is 12.1. The van der Waals surface area contributed by atoms with E-state index < -0.39 is 10.0 Å². The number of hydrogen-bond acceptors (Lipinski definition) is 5. The molecule has 1 heterocycles. The second-order valence-corrected chi connectivity index (χ2v) is 5.83. The van der Waals surface area contributed by atoms with Crippen molar-refractivity contribution in [3.63, 3.8) is 0 Å². The summed E-state index contributed by atoms with van der Waals surface area (Å²) in [5.41, 5.74) is 5.75. The van der Waals surface area contributed by atoms with Crippen molar-refractivity contribution in [2.75, 3.05) is 12.3 Å². The first-order valence-corrected chi connectivity index (χ1v) is 7.24. The van der Waals surface area contributed by atoms with Crippen LogP contribution < -0.4 is 10.5 Å².